The molecule has 1 atom stereocenters. The summed E-state index contributed by atoms with van der Waals surface area (Å²) in [5.41, 5.74) is -0.744. The third-order valence-corrected chi connectivity index (χ3v) is 4.43. The van der Waals surface area contributed by atoms with Gasteiger partial charge in [0.1, 0.15) is 24.3 Å². The first kappa shape index (κ1) is 19.4. The van der Waals surface area contributed by atoms with Gasteiger partial charge in [0.05, 0.1) is 5.56 Å². The Kier molecular flexibility index (Phi) is 6.18. The number of hydrogen-bond donors (Lipinski definition) is 1. The first-order valence-corrected chi connectivity index (χ1v) is 8.78. The van der Waals surface area contributed by atoms with Crippen molar-refractivity contribution in [2.24, 2.45) is 0 Å². The first-order valence-electron chi connectivity index (χ1n) is 8.78. The van der Waals surface area contributed by atoms with Crippen LogP contribution in [0.2, 0.25) is 0 Å². The normalized spacial score (nSPS) is 17.0. The van der Waals surface area contributed by atoms with E-state index in [-0.39, 0.29) is 6.61 Å². The molecule has 27 heavy (non-hydrogen) atoms. The van der Waals surface area contributed by atoms with Gasteiger partial charge in [-0.15, -0.1) is 0 Å². The highest BCUT2D eigenvalue weighted by Gasteiger charge is 2.31. The number of alkyl halides is 3. The van der Waals surface area contributed by atoms with Crippen LogP contribution < -0.4 is 9.64 Å². The Bertz CT molecular complexity index is 702. The molecular formula is C19H22F3N3O2. The van der Waals surface area contributed by atoms with Crippen molar-refractivity contribution < 1.29 is 23.0 Å². The number of aromatic nitrogens is 1. The molecule has 1 N–H and O–H groups in total. The molecule has 0 spiro atoms. The van der Waals surface area contributed by atoms with E-state index in [0.29, 0.717) is 38.5 Å². The molecule has 1 aliphatic rings. The van der Waals surface area contributed by atoms with Crippen molar-refractivity contribution in [2.45, 2.75) is 12.3 Å². The average Bonchev–Trinajstić information content (AvgIpc) is 2.67. The molecule has 3 rings (SSSR count). The number of anilines is 1. The van der Waals surface area contributed by atoms with Crippen LogP contribution in [0.15, 0.2) is 48.7 Å². The number of piperazine rings is 1. The van der Waals surface area contributed by atoms with Crippen LogP contribution in [0.25, 0.3) is 0 Å². The van der Waals surface area contributed by atoms with Gasteiger partial charge in [0.25, 0.3) is 0 Å². The topological polar surface area (TPSA) is 48.8 Å². The number of hydrogen-bond acceptors (Lipinski definition) is 5. The molecule has 1 saturated heterocycles. The smallest absolute Gasteiger partial charge is 0.417 e. The van der Waals surface area contributed by atoms with Gasteiger partial charge in [-0.1, -0.05) is 18.2 Å². The molecule has 1 aromatic heterocycles. The van der Waals surface area contributed by atoms with Crippen molar-refractivity contribution in [3.05, 3.63) is 54.2 Å². The van der Waals surface area contributed by atoms with E-state index in [2.05, 4.69) is 9.88 Å². The van der Waals surface area contributed by atoms with E-state index in [4.69, 9.17) is 4.74 Å². The van der Waals surface area contributed by atoms with E-state index >= 15 is 0 Å². The predicted octanol–water partition coefficient (Wildman–Crippen LogP) is 2.66. The minimum absolute atomic E-state index is 0.213. The molecule has 1 aliphatic heterocycles. The van der Waals surface area contributed by atoms with E-state index < -0.39 is 17.8 Å². The van der Waals surface area contributed by atoms with E-state index in [1.165, 1.54) is 6.07 Å². The number of nitrogens with zero attached hydrogens (tertiary/aromatic N) is 3. The third-order valence-electron chi connectivity index (χ3n) is 4.43. The van der Waals surface area contributed by atoms with E-state index in [1.54, 1.807) is 0 Å². The number of aliphatic hydroxyl groups excluding tert-OH is 1. The van der Waals surface area contributed by atoms with E-state index in [1.807, 2.05) is 35.2 Å². The molecule has 0 bridgehead atoms. The zero-order valence-electron chi connectivity index (χ0n) is 14.8. The largest absolute Gasteiger partial charge is 0.491 e. The van der Waals surface area contributed by atoms with Crippen molar-refractivity contribution in [3.63, 3.8) is 0 Å². The second-order valence-electron chi connectivity index (χ2n) is 6.47. The SMILES string of the molecule is O[C@@H](COc1ccccc1)CN1CCN(c2ccc(C(F)(F)F)cn2)CC1. The number of halogens is 3. The summed E-state index contributed by atoms with van der Waals surface area (Å²) in [6, 6.07) is 11.8. The fraction of sp³-hybridized carbons (Fsp3) is 0.421. The monoisotopic (exact) mass is 381 g/mol. The van der Waals surface area contributed by atoms with Crippen molar-refractivity contribution >= 4 is 5.82 Å². The summed E-state index contributed by atoms with van der Waals surface area (Å²) in [7, 11) is 0. The summed E-state index contributed by atoms with van der Waals surface area (Å²) in [6.07, 6.45) is -4.12. The zero-order chi connectivity index (χ0) is 19.3. The van der Waals surface area contributed by atoms with Crippen LogP contribution >= 0.6 is 0 Å². The number of benzene rings is 1. The number of aliphatic hydroxyl groups is 1. The number of para-hydroxylation sites is 1. The van der Waals surface area contributed by atoms with E-state index in [9.17, 15) is 18.3 Å². The maximum Gasteiger partial charge on any atom is 0.417 e. The highest BCUT2D eigenvalue weighted by atomic mass is 19.4. The highest BCUT2D eigenvalue weighted by Crippen LogP contribution is 2.29. The molecule has 8 heteroatoms. The van der Waals surface area contributed by atoms with Gasteiger partial charge in [-0.25, -0.2) is 4.98 Å². The molecule has 2 aromatic rings. The van der Waals surface area contributed by atoms with Crippen molar-refractivity contribution in [1.82, 2.24) is 9.88 Å². The predicted molar refractivity (Wildman–Crippen MR) is 95.8 cm³/mol. The molecule has 0 saturated carbocycles. The van der Waals surface area contributed by atoms with Crippen LogP contribution in [0.5, 0.6) is 5.75 Å². The standard InChI is InChI=1S/C19H22F3N3O2/c20-19(21,22)15-6-7-18(23-12-15)25-10-8-24(9-11-25)13-16(26)14-27-17-4-2-1-3-5-17/h1-7,12,16,26H,8-11,13-14H2/t16-/m1/s1. The van der Waals surface area contributed by atoms with Crippen LogP contribution in [0.3, 0.4) is 0 Å². The Morgan fingerprint density at radius 2 is 1.74 bits per heavy atom. The molecule has 5 nitrogen and oxygen atoms in total. The van der Waals surface area contributed by atoms with Gasteiger partial charge in [0.15, 0.2) is 0 Å². The van der Waals surface area contributed by atoms with Crippen molar-refractivity contribution in [3.8, 4) is 5.75 Å². The van der Waals surface area contributed by atoms with Gasteiger partial charge in [-0.3, -0.25) is 4.90 Å². The molecular weight excluding hydrogens is 359 g/mol. The molecule has 146 valence electrons. The summed E-state index contributed by atoms with van der Waals surface area (Å²) >= 11 is 0. The Morgan fingerprint density at radius 1 is 1.04 bits per heavy atom. The Balaban J connectivity index is 1.43. The molecule has 0 radical (unpaired) electrons. The summed E-state index contributed by atoms with van der Waals surface area (Å²) in [5.74, 6) is 1.25. The zero-order valence-corrected chi connectivity index (χ0v) is 14.8. The summed E-state index contributed by atoms with van der Waals surface area (Å²) < 4.78 is 43.4. The van der Waals surface area contributed by atoms with Crippen LogP contribution in [0, 0.1) is 0 Å². The second kappa shape index (κ2) is 8.58. The summed E-state index contributed by atoms with van der Waals surface area (Å²) in [4.78, 5) is 7.99. The number of ether oxygens (including phenoxy) is 1. The molecule has 1 aromatic carbocycles. The first-order chi connectivity index (χ1) is 12.9. The second-order valence-corrected chi connectivity index (χ2v) is 6.47. The minimum atomic E-state index is -4.37. The summed E-state index contributed by atoms with van der Waals surface area (Å²) in [5, 5.41) is 10.2. The third kappa shape index (κ3) is 5.58. The summed E-state index contributed by atoms with van der Waals surface area (Å²) in [6.45, 7) is 3.39. The van der Waals surface area contributed by atoms with Crippen LogP contribution in [-0.2, 0) is 6.18 Å². The van der Waals surface area contributed by atoms with E-state index in [0.717, 1.165) is 18.0 Å². The number of β-amino-alcohol motifs (C(OH)–C–C–N with tert-alkyl or cyclic N) is 1. The maximum atomic E-state index is 12.6. The van der Waals surface area contributed by atoms with Gasteiger partial charge < -0.3 is 14.7 Å². The minimum Gasteiger partial charge on any atom is -0.491 e. The molecule has 1 fully saturated rings. The van der Waals surface area contributed by atoms with Gasteiger partial charge in [0.2, 0.25) is 0 Å². The van der Waals surface area contributed by atoms with Crippen LogP contribution in [-0.4, -0.2) is 60.4 Å². The van der Waals surface area contributed by atoms with Gasteiger partial charge >= 0.3 is 6.18 Å². The molecule has 0 unspecified atom stereocenters. The lowest BCUT2D eigenvalue weighted by Gasteiger charge is -2.36. The molecule has 2 heterocycles. The lowest BCUT2D eigenvalue weighted by atomic mass is 10.2. The Hall–Kier alpha value is -2.32. The molecule has 0 amide bonds. The Morgan fingerprint density at radius 3 is 2.33 bits per heavy atom. The Labute approximate surface area is 156 Å². The highest BCUT2D eigenvalue weighted by molar-refractivity contribution is 5.40. The van der Waals surface area contributed by atoms with Crippen molar-refractivity contribution in [2.75, 3.05) is 44.2 Å². The number of rotatable bonds is 6. The van der Waals surface area contributed by atoms with Crippen molar-refractivity contribution in [1.29, 1.82) is 0 Å². The van der Waals surface area contributed by atoms with Crippen LogP contribution in [0.1, 0.15) is 5.56 Å². The van der Waals surface area contributed by atoms with Gasteiger partial charge in [-0.05, 0) is 24.3 Å². The molecule has 0 aliphatic carbocycles. The maximum absolute atomic E-state index is 12.6. The quantitative estimate of drug-likeness (QED) is 0.834. The number of pyridine rings is 1. The van der Waals surface area contributed by atoms with Gasteiger partial charge in [-0.2, -0.15) is 13.2 Å². The fourth-order valence-electron chi connectivity index (χ4n) is 2.96. The average molecular weight is 381 g/mol. The van der Waals surface area contributed by atoms with Gasteiger partial charge in [0, 0.05) is 38.9 Å². The lowest BCUT2D eigenvalue weighted by molar-refractivity contribution is -0.137. The van der Waals surface area contributed by atoms with Crippen LogP contribution in [0.4, 0.5) is 19.0 Å². The lowest BCUT2D eigenvalue weighted by Crippen LogP contribution is -2.49. The fourth-order valence-corrected chi connectivity index (χ4v) is 2.96.